The zero-order chi connectivity index (χ0) is 18.0. The van der Waals surface area contributed by atoms with Gasteiger partial charge in [-0.1, -0.05) is 13.8 Å². The van der Waals surface area contributed by atoms with Crippen LogP contribution in [0.5, 0.6) is 0 Å². The number of amides is 2. The lowest BCUT2D eigenvalue weighted by atomic mass is 10.0. The van der Waals surface area contributed by atoms with Gasteiger partial charge in [-0.25, -0.2) is 9.59 Å². The fourth-order valence-electron chi connectivity index (χ4n) is 1.57. The van der Waals surface area contributed by atoms with Gasteiger partial charge in [-0.2, -0.15) is 0 Å². The predicted octanol–water partition coefficient (Wildman–Crippen LogP) is -1.23. The van der Waals surface area contributed by atoms with Gasteiger partial charge in [0.15, 0.2) is 0 Å². The lowest BCUT2D eigenvalue weighted by molar-refractivity contribution is -0.142. The molecule has 0 aromatic carbocycles. The summed E-state index contributed by atoms with van der Waals surface area (Å²) in [5.41, 5.74) is 5.66. The number of rotatable bonds is 9. The van der Waals surface area contributed by atoms with Crippen LogP contribution in [0.2, 0.25) is 0 Å². The molecule has 0 aromatic heterocycles. The Morgan fingerprint density at radius 1 is 1.22 bits per heavy atom. The average molecular weight is 329 g/mol. The molecule has 2 amide bonds. The van der Waals surface area contributed by atoms with Gasteiger partial charge in [-0.3, -0.25) is 9.59 Å². The molecular formula is C14H23N3O6. The van der Waals surface area contributed by atoms with E-state index in [1.54, 1.807) is 0 Å². The van der Waals surface area contributed by atoms with Crippen LogP contribution in [0.4, 0.5) is 0 Å². The second-order valence-corrected chi connectivity index (χ2v) is 5.24. The van der Waals surface area contributed by atoms with Gasteiger partial charge >= 0.3 is 11.9 Å². The Balaban J connectivity index is 4.50. The van der Waals surface area contributed by atoms with Gasteiger partial charge in [-0.05, 0) is 12.3 Å². The smallest absolute Gasteiger partial charge is 0.330 e. The van der Waals surface area contributed by atoms with Gasteiger partial charge in [0.2, 0.25) is 11.8 Å². The molecule has 5 N–H and O–H groups in total. The van der Waals surface area contributed by atoms with Crippen molar-refractivity contribution in [1.29, 1.82) is 0 Å². The zero-order valence-electron chi connectivity index (χ0n) is 13.4. The van der Waals surface area contributed by atoms with E-state index in [1.807, 2.05) is 13.8 Å². The quantitative estimate of drug-likeness (QED) is 0.306. The molecule has 0 spiro atoms. The Kier molecular flexibility index (Phi) is 9.24. The number of carboxylic acids is 1. The highest BCUT2D eigenvalue weighted by atomic mass is 16.5. The number of nitrogens with one attached hydrogen (secondary N) is 2. The molecule has 0 radical (unpaired) electrons. The molecule has 0 aliphatic heterocycles. The highest BCUT2D eigenvalue weighted by molar-refractivity contribution is 5.95. The summed E-state index contributed by atoms with van der Waals surface area (Å²) >= 11 is 0. The summed E-state index contributed by atoms with van der Waals surface area (Å²) in [6, 6.07) is -2.15. The topological polar surface area (TPSA) is 148 Å². The van der Waals surface area contributed by atoms with Crippen molar-refractivity contribution in [2.45, 2.75) is 32.4 Å². The minimum atomic E-state index is -1.32. The third kappa shape index (κ3) is 9.25. The number of carboxylic acid groups (broad SMARTS) is 1. The van der Waals surface area contributed by atoms with Crippen LogP contribution in [0.15, 0.2) is 12.2 Å². The minimum Gasteiger partial charge on any atom is -0.480 e. The van der Waals surface area contributed by atoms with Crippen LogP contribution in [0, 0.1) is 5.92 Å². The second-order valence-electron chi connectivity index (χ2n) is 5.24. The summed E-state index contributed by atoms with van der Waals surface area (Å²) in [5, 5.41) is 13.6. The van der Waals surface area contributed by atoms with Crippen molar-refractivity contribution in [3.05, 3.63) is 12.2 Å². The van der Waals surface area contributed by atoms with E-state index in [4.69, 9.17) is 10.8 Å². The second kappa shape index (κ2) is 10.3. The Morgan fingerprint density at radius 2 is 1.83 bits per heavy atom. The lowest BCUT2D eigenvalue weighted by Crippen LogP contribution is -2.53. The van der Waals surface area contributed by atoms with Crippen LogP contribution in [0.3, 0.4) is 0 Å². The molecule has 0 bridgehead atoms. The minimum absolute atomic E-state index is 0.183. The third-order valence-electron chi connectivity index (χ3n) is 2.73. The van der Waals surface area contributed by atoms with E-state index < -0.39 is 35.8 Å². The predicted molar refractivity (Wildman–Crippen MR) is 81.2 cm³/mol. The van der Waals surface area contributed by atoms with Crippen LogP contribution in [0.25, 0.3) is 0 Å². The fourth-order valence-corrected chi connectivity index (χ4v) is 1.57. The summed E-state index contributed by atoms with van der Waals surface area (Å²) in [7, 11) is 1.15. The van der Waals surface area contributed by atoms with Crippen molar-refractivity contribution in [2.75, 3.05) is 13.7 Å². The standard InChI is InChI=1S/C14H23N3O6/c1-8(2)6-9(15)13(20)17-10(14(21)22)7-16-11(18)4-5-12(19)23-3/h4-5,8-10H,6-7,15H2,1-3H3,(H,16,18)(H,17,20)(H,21,22)/b5-4+/t9-,10?/m0/s1. The first-order valence-corrected chi connectivity index (χ1v) is 7.00. The number of hydrogen-bond acceptors (Lipinski definition) is 6. The molecule has 9 nitrogen and oxygen atoms in total. The molecule has 0 heterocycles. The Labute approximate surface area is 134 Å². The first-order valence-electron chi connectivity index (χ1n) is 7.00. The van der Waals surface area contributed by atoms with Gasteiger partial charge in [0.05, 0.1) is 13.2 Å². The van der Waals surface area contributed by atoms with E-state index in [-0.39, 0.29) is 12.5 Å². The summed E-state index contributed by atoms with van der Waals surface area (Å²) < 4.78 is 4.30. The fraction of sp³-hybridized carbons (Fsp3) is 0.571. The van der Waals surface area contributed by atoms with E-state index in [2.05, 4.69) is 15.4 Å². The maximum absolute atomic E-state index is 11.8. The molecule has 9 heteroatoms. The molecule has 0 rings (SSSR count). The van der Waals surface area contributed by atoms with Crippen molar-refractivity contribution < 1.29 is 29.0 Å². The Morgan fingerprint density at radius 3 is 2.30 bits per heavy atom. The van der Waals surface area contributed by atoms with Gasteiger partial charge in [0, 0.05) is 18.7 Å². The highest BCUT2D eigenvalue weighted by Crippen LogP contribution is 2.02. The number of ether oxygens (including phenoxy) is 1. The SMILES string of the molecule is COC(=O)/C=C/C(=O)NCC(NC(=O)[C@@H](N)CC(C)C)C(=O)O. The highest BCUT2D eigenvalue weighted by Gasteiger charge is 2.23. The number of aliphatic carboxylic acids is 1. The molecule has 2 atom stereocenters. The van der Waals surface area contributed by atoms with E-state index in [1.165, 1.54) is 0 Å². The van der Waals surface area contributed by atoms with Gasteiger partial charge in [0.1, 0.15) is 6.04 Å². The number of nitrogens with two attached hydrogens (primary N) is 1. The largest absolute Gasteiger partial charge is 0.480 e. The first kappa shape index (κ1) is 20.6. The summed E-state index contributed by atoms with van der Waals surface area (Å²) in [6.07, 6.45) is 2.20. The molecule has 1 unspecified atom stereocenters. The van der Waals surface area contributed by atoms with Crippen molar-refractivity contribution in [2.24, 2.45) is 11.7 Å². The van der Waals surface area contributed by atoms with Crippen molar-refractivity contribution in [3.8, 4) is 0 Å². The van der Waals surface area contributed by atoms with E-state index in [0.29, 0.717) is 6.42 Å². The molecular weight excluding hydrogens is 306 g/mol. The number of methoxy groups -OCH3 is 1. The maximum Gasteiger partial charge on any atom is 0.330 e. The third-order valence-corrected chi connectivity index (χ3v) is 2.73. The van der Waals surface area contributed by atoms with Crippen molar-refractivity contribution in [3.63, 3.8) is 0 Å². The van der Waals surface area contributed by atoms with E-state index in [9.17, 15) is 19.2 Å². The van der Waals surface area contributed by atoms with Crippen LogP contribution in [-0.2, 0) is 23.9 Å². The van der Waals surface area contributed by atoms with E-state index in [0.717, 1.165) is 19.3 Å². The average Bonchev–Trinajstić information content (AvgIpc) is 2.47. The molecule has 0 saturated carbocycles. The van der Waals surface area contributed by atoms with Crippen LogP contribution in [0.1, 0.15) is 20.3 Å². The van der Waals surface area contributed by atoms with Gasteiger partial charge < -0.3 is 26.2 Å². The molecule has 0 saturated heterocycles. The van der Waals surface area contributed by atoms with Crippen LogP contribution < -0.4 is 16.4 Å². The molecule has 0 aromatic rings. The number of hydrogen-bond donors (Lipinski definition) is 4. The van der Waals surface area contributed by atoms with Crippen LogP contribution >= 0.6 is 0 Å². The normalized spacial score (nSPS) is 13.4. The Hall–Kier alpha value is -2.42. The summed E-state index contributed by atoms with van der Waals surface area (Å²) in [6.45, 7) is 3.42. The Bertz CT molecular complexity index is 475. The van der Waals surface area contributed by atoms with Crippen molar-refractivity contribution >= 4 is 23.8 Å². The van der Waals surface area contributed by atoms with Crippen molar-refractivity contribution in [1.82, 2.24) is 10.6 Å². The number of carbonyl (C=O) groups is 4. The monoisotopic (exact) mass is 329 g/mol. The van der Waals surface area contributed by atoms with Gasteiger partial charge in [-0.15, -0.1) is 0 Å². The maximum atomic E-state index is 11.8. The summed E-state index contributed by atoms with van der Waals surface area (Å²) in [5.74, 6) is -3.15. The number of carbonyl (C=O) groups excluding carboxylic acids is 3. The first-order chi connectivity index (χ1) is 10.7. The lowest BCUT2D eigenvalue weighted by Gasteiger charge is -2.19. The van der Waals surface area contributed by atoms with E-state index >= 15 is 0 Å². The molecule has 130 valence electrons. The zero-order valence-corrected chi connectivity index (χ0v) is 13.4. The molecule has 0 fully saturated rings. The molecule has 23 heavy (non-hydrogen) atoms. The molecule has 0 aliphatic rings. The summed E-state index contributed by atoms with van der Waals surface area (Å²) in [4.78, 5) is 45.1. The molecule has 0 aliphatic carbocycles. The van der Waals surface area contributed by atoms with Gasteiger partial charge in [0.25, 0.3) is 0 Å². The number of esters is 1. The van der Waals surface area contributed by atoms with Crippen LogP contribution in [-0.4, -0.2) is 54.6 Å².